The Bertz CT molecular complexity index is 364. The zero-order valence-corrected chi connectivity index (χ0v) is 12.6. The lowest BCUT2D eigenvalue weighted by Gasteiger charge is -2.18. The van der Waals surface area contributed by atoms with Gasteiger partial charge in [-0.15, -0.1) is 11.8 Å². The number of aromatic nitrogens is 2. The zero-order chi connectivity index (χ0) is 13.5. The van der Waals surface area contributed by atoms with Crippen LogP contribution >= 0.6 is 11.8 Å². The molecule has 4 nitrogen and oxygen atoms in total. The molecular formula is C13H24N4S. The van der Waals surface area contributed by atoms with Crippen LogP contribution in [0.4, 0.5) is 5.82 Å². The Morgan fingerprint density at radius 2 is 1.94 bits per heavy atom. The molecule has 0 amide bonds. The van der Waals surface area contributed by atoms with Gasteiger partial charge in [0.15, 0.2) is 0 Å². The first-order valence-corrected chi connectivity index (χ1v) is 7.54. The standard InChI is InChI=1S/C13H24N4S/c1-5-17(6-2)7-8-18-13-11(10(3)4)12(14)15-9-16-13/h9-10H,5-8H2,1-4H3,(H2,14,15,16). The summed E-state index contributed by atoms with van der Waals surface area (Å²) in [5.74, 6) is 2.02. The van der Waals surface area contributed by atoms with Crippen molar-refractivity contribution in [3.05, 3.63) is 11.9 Å². The van der Waals surface area contributed by atoms with Crippen molar-refractivity contribution in [1.29, 1.82) is 0 Å². The average molecular weight is 268 g/mol. The molecule has 0 spiro atoms. The number of anilines is 1. The molecular weight excluding hydrogens is 244 g/mol. The molecule has 0 unspecified atom stereocenters. The predicted octanol–water partition coefficient (Wildman–Crippen LogP) is 2.62. The number of nitrogen functional groups attached to an aromatic ring is 1. The number of hydrogen-bond donors (Lipinski definition) is 1. The van der Waals surface area contributed by atoms with Crippen LogP contribution in [0, 0.1) is 0 Å². The zero-order valence-electron chi connectivity index (χ0n) is 11.8. The lowest BCUT2D eigenvalue weighted by Crippen LogP contribution is -2.25. The molecule has 0 saturated carbocycles. The third-order valence-corrected chi connectivity index (χ3v) is 3.98. The van der Waals surface area contributed by atoms with Crippen molar-refractivity contribution in [2.24, 2.45) is 0 Å². The van der Waals surface area contributed by atoms with E-state index in [9.17, 15) is 0 Å². The number of thioether (sulfide) groups is 1. The average Bonchev–Trinajstić information content (AvgIpc) is 2.34. The highest BCUT2D eigenvalue weighted by molar-refractivity contribution is 7.99. The van der Waals surface area contributed by atoms with E-state index in [1.54, 1.807) is 18.1 Å². The topological polar surface area (TPSA) is 55.0 Å². The van der Waals surface area contributed by atoms with E-state index in [-0.39, 0.29) is 0 Å². The lowest BCUT2D eigenvalue weighted by molar-refractivity contribution is 0.324. The minimum atomic E-state index is 0.363. The minimum absolute atomic E-state index is 0.363. The van der Waals surface area contributed by atoms with E-state index in [0.29, 0.717) is 11.7 Å². The third-order valence-electron chi connectivity index (χ3n) is 3.00. The summed E-state index contributed by atoms with van der Waals surface area (Å²) in [5.41, 5.74) is 7.02. The molecule has 2 N–H and O–H groups in total. The van der Waals surface area contributed by atoms with Crippen LogP contribution in [0.1, 0.15) is 39.2 Å². The molecule has 0 aliphatic carbocycles. The Morgan fingerprint density at radius 3 is 2.50 bits per heavy atom. The highest BCUT2D eigenvalue weighted by Crippen LogP contribution is 2.29. The maximum Gasteiger partial charge on any atom is 0.131 e. The smallest absolute Gasteiger partial charge is 0.131 e. The summed E-state index contributed by atoms with van der Waals surface area (Å²) in [5, 5.41) is 1.03. The van der Waals surface area contributed by atoms with Gasteiger partial charge >= 0.3 is 0 Å². The molecule has 102 valence electrons. The Balaban J connectivity index is 2.64. The van der Waals surface area contributed by atoms with Gasteiger partial charge in [-0.1, -0.05) is 27.7 Å². The SMILES string of the molecule is CCN(CC)CCSc1ncnc(N)c1C(C)C. The number of nitrogens with zero attached hydrogens (tertiary/aromatic N) is 3. The van der Waals surface area contributed by atoms with Crippen molar-refractivity contribution < 1.29 is 0 Å². The summed E-state index contributed by atoms with van der Waals surface area (Å²) in [6, 6.07) is 0. The molecule has 1 heterocycles. The Hall–Kier alpha value is -0.810. The molecule has 1 aromatic rings. The van der Waals surface area contributed by atoms with E-state index in [1.165, 1.54) is 0 Å². The molecule has 0 aliphatic rings. The van der Waals surface area contributed by atoms with E-state index in [0.717, 1.165) is 36.0 Å². The second-order valence-corrected chi connectivity index (χ2v) is 5.59. The van der Waals surface area contributed by atoms with Crippen LogP contribution in [0.3, 0.4) is 0 Å². The summed E-state index contributed by atoms with van der Waals surface area (Å²) in [7, 11) is 0. The van der Waals surface area contributed by atoms with Crippen molar-refractivity contribution in [3.63, 3.8) is 0 Å². The summed E-state index contributed by atoms with van der Waals surface area (Å²) in [4.78, 5) is 10.9. The van der Waals surface area contributed by atoms with Crippen LogP contribution in [0.2, 0.25) is 0 Å². The fraction of sp³-hybridized carbons (Fsp3) is 0.692. The highest BCUT2D eigenvalue weighted by atomic mass is 32.2. The fourth-order valence-electron chi connectivity index (χ4n) is 1.86. The van der Waals surface area contributed by atoms with Gasteiger partial charge < -0.3 is 10.6 Å². The second kappa shape index (κ2) is 7.59. The van der Waals surface area contributed by atoms with Gasteiger partial charge in [0, 0.05) is 17.9 Å². The van der Waals surface area contributed by atoms with Gasteiger partial charge in [0.1, 0.15) is 17.2 Å². The summed E-state index contributed by atoms with van der Waals surface area (Å²) in [6.07, 6.45) is 1.56. The van der Waals surface area contributed by atoms with Crippen LogP contribution in [0.15, 0.2) is 11.4 Å². The fourth-order valence-corrected chi connectivity index (χ4v) is 3.02. The first-order valence-electron chi connectivity index (χ1n) is 6.55. The number of nitrogens with two attached hydrogens (primary N) is 1. The van der Waals surface area contributed by atoms with Crippen LogP contribution in [0.5, 0.6) is 0 Å². The van der Waals surface area contributed by atoms with Gasteiger partial charge in [-0.3, -0.25) is 0 Å². The predicted molar refractivity (Wildman–Crippen MR) is 79.0 cm³/mol. The van der Waals surface area contributed by atoms with Crippen molar-refractivity contribution in [1.82, 2.24) is 14.9 Å². The van der Waals surface area contributed by atoms with Crippen molar-refractivity contribution >= 4 is 17.6 Å². The van der Waals surface area contributed by atoms with Crippen LogP contribution in [0.25, 0.3) is 0 Å². The molecule has 18 heavy (non-hydrogen) atoms. The van der Waals surface area contributed by atoms with Gasteiger partial charge in [0.05, 0.1) is 0 Å². The monoisotopic (exact) mass is 268 g/mol. The lowest BCUT2D eigenvalue weighted by atomic mass is 10.1. The summed E-state index contributed by atoms with van der Waals surface area (Å²) >= 11 is 1.78. The molecule has 0 saturated heterocycles. The van der Waals surface area contributed by atoms with Crippen molar-refractivity contribution in [2.75, 3.05) is 31.1 Å². The molecule has 0 radical (unpaired) electrons. The van der Waals surface area contributed by atoms with E-state index in [4.69, 9.17) is 5.73 Å². The summed E-state index contributed by atoms with van der Waals surface area (Å²) < 4.78 is 0. The van der Waals surface area contributed by atoms with Crippen LogP contribution < -0.4 is 5.73 Å². The molecule has 0 bridgehead atoms. The first-order chi connectivity index (χ1) is 8.60. The van der Waals surface area contributed by atoms with Crippen LogP contribution in [-0.2, 0) is 0 Å². The Labute approximate surface area is 114 Å². The van der Waals surface area contributed by atoms with Crippen LogP contribution in [-0.4, -0.2) is 40.3 Å². The molecule has 0 atom stereocenters. The van der Waals surface area contributed by atoms with Crippen molar-refractivity contribution in [3.8, 4) is 0 Å². The molecule has 1 aromatic heterocycles. The molecule has 0 fully saturated rings. The third kappa shape index (κ3) is 4.14. The second-order valence-electron chi connectivity index (χ2n) is 4.51. The van der Waals surface area contributed by atoms with E-state index in [1.807, 2.05) is 0 Å². The Morgan fingerprint density at radius 1 is 1.28 bits per heavy atom. The summed E-state index contributed by atoms with van der Waals surface area (Å²) in [6.45, 7) is 11.9. The van der Waals surface area contributed by atoms with Gasteiger partial charge in [-0.05, 0) is 19.0 Å². The van der Waals surface area contributed by atoms with E-state index < -0.39 is 0 Å². The van der Waals surface area contributed by atoms with E-state index in [2.05, 4.69) is 42.6 Å². The Kier molecular flexibility index (Phi) is 6.43. The molecule has 0 aromatic carbocycles. The van der Waals surface area contributed by atoms with Gasteiger partial charge in [-0.25, -0.2) is 9.97 Å². The van der Waals surface area contributed by atoms with Gasteiger partial charge in [0.2, 0.25) is 0 Å². The van der Waals surface area contributed by atoms with E-state index >= 15 is 0 Å². The number of hydrogen-bond acceptors (Lipinski definition) is 5. The molecule has 5 heteroatoms. The number of rotatable bonds is 7. The molecule has 1 rings (SSSR count). The maximum absolute atomic E-state index is 5.93. The van der Waals surface area contributed by atoms with Gasteiger partial charge in [0.25, 0.3) is 0 Å². The van der Waals surface area contributed by atoms with Gasteiger partial charge in [-0.2, -0.15) is 0 Å². The highest BCUT2D eigenvalue weighted by Gasteiger charge is 2.13. The minimum Gasteiger partial charge on any atom is -0.383 e. The molecule has 0 aliphatic heterocycles. The largest absolute Gasteiger partial charge is 0.383 e. The van der Waals surface area contributed by atoms with Crippen molar-refractivity contribution in [2.45, 2.75) is 38.6 Å². The maximum atomic E-state index is 5.93. The first kappa shape index (κ1) is 15.2. The quantitative estimate of drug-likeness (QED) is 0.608. The normalized spacial score (nSPS) is 11.4.